The number of hydrogen-bond donors (Lipinski definition) is 1. The monoisotopic (exact) mass is 634 g/mol. The summed E-state index contributed by atoms with van der Waals surface area (Å²) in [7, 11) is -4.59. The van der Waals surface area contributed by atoms with Gasteiger partial charge in [-0.25, -0.2) is 13.4 Å². The zero-order valence-electron chi connectivity index (χ0n) is 25.1. The van der Waals surface area contributed by atoms with Gasteiger partial charge in [-0.1, -0.05) is 36.4 Å². The second-order valence-corrected chi connectivity index (χ2v) is 11.6. The number of rotatable bonds is 6. The summed E-state index contributed by atoms with van der Waals surface area (Å²) in [6.45, 7) is 3.68. The van der Waals surface area contributed by atoms with E-state index >= 15 is 0 Å². The summed E-state index contributed by atoms with van der Waals surface area (Å²) in [5, 5.41) is 16.7. The number of aromatic carboxylic acids is 1. The minimum atomic E-state index is -4.59. The Kier molecular flexibility index (Phi) is 10.8. The van der Waals surface area contributed by atoms with Crippen molar-refractivity contribution < 1.29 is 86.4 Å². The van der Waals surface area contributed by atoms with Crippen LogP contribution in [0.15, 0.2) is 117 Å². The molecule has 45 heavy (non-hydrogen) atoms. The van der Waals surface area contributed by atoms with E-state index in [1.807, 2.05) is 55.5 Å². The number of carboxylic acid groups (broad SMARTS) is 1. The largest absolute Gasteiger partial charge is 1.00 e. The van der Waals surface area contributed by atoms with Crippen molar-refractivity contribution in [3.63, 3.8) is 0 Å². The number of fused-ring (bicyclic) bond motifs is 2. The van der Waals surface area contributed by atoms with E-state index in [1.165, 1.54) is 24.3 Å². The van der Waals surface area contributed by atoms with Crippen LogP contribution in [0.5, 0.6) is 0 Å². The predicted molar refractivity (Wildman–Crippen MR) is 161 cm³/mol. The van der Waals surface area contributed by atoms with Crippen LogP contribution in [0, 0.1) is 13.8 Å². The standard InChI is InChI=1S/C34H26N2O6S.2Na/c1-20-6-5-7-22(16-20)35-23-10-13-28-31(18-23)42-32-19-24(36-30-15-12-25(17-21(30)2)43(39,40)41)11-14-29(32)33(28)26-8-3-4-9-27(26)34(37)38;;/h3-19,35H,1-2H3,(H,37,38)(H,39,40,41);;/q;2*+1/p-2. The van der Waals surface area contributed by atoms with E-state index in [1.54, 1.807) is 37.3 Å². The Hall–Kier alpha value is -3.25. The Morgan fingerprint density at radius 1 is 0.800 bits per heavy atom. The van der Waals surface area contributed by atoms with Gasteiger partial charge < -0.3 is 24.2 Å². The van der Waals surface area contributed by atoms with Gasteiger partial charge in [0.2, 0.25) is 0 Å². The van der Waals surface area contributed by atoms with Crippen LogP contribution in [0.4, 0.5) is 17.1 Å². The van der Waals surface area contributed by atoms with Gasteiger partial charge in [-0.2, -0.15) is 0 Å². The average Bonchev–Trinajstić information content (AvgIpc) is 2.96. The number of nitrogens with one attached hydrogen (secondary N) is 1. The molecule has 0 saturated heterocycles. The molecule has 0 unspecified atom stereocenters. The van der Waals surface area contributed by atoms with Crippen molar-refractivity contribution in [2.24, 2.45) is 4.99 Å². The molecule has 4 aromatic rings. The third-order valence-electron chi connectivity index (χ3n) is 7.13. The molecule has 2 aliphatic rings. The Bertz CT molecular complexity index is 2210. The Morgan fingerprint density at radius 3 is 2.27 bits per heavy atom. The Labute approximate surface area is 304 Å². The smallest absolute Gasteiger partial charge is 0.744 e. The van der Waals surface area contributed by atoms with Gasteiger partial charge in [-0.15, -0.1) is 0 Å². The summed E-state index contributed by atoms with van der Waals surface area (Å²) in [5.41, 5.74) is 6.21. The van der Waals surface area contributed by atoms with E-state index in [4.69, 9.17) is 4.42 Å². The van der Waals surface area contributed by atoms with Crippen molar-refractivity contribution in [1.29, 1.82) is 0 Å². The van der Waals surface area contributed by atoms with Crippen LogP contribution in [0.1, 0.15) is 21.5 Å². The van der Waals surface area contributed by atoms with Crippen LogP contribution < -0.4 is 74.9 Å². The molecule has 0 aromatic heterocycles. The number of carboxylic acids is 1. The first-order valence-electron chi connectivity index (χ1n) is 13.3. The second-order valence-electron chi connectivity index (χ2n) is 10.2. The molecule has 0 saturated carbocycles. The first-order chi connectivity index (χ1) is 20.6. The molecule has 11 heteroatoms. The van der Waals surface area contributed by atoms with Crippen LogP contribution in [0.25, 0.3) is 33.4 Å². The van der Waals surface area contributed by atoms with E-state index in [2.05, 4.69) is 10.3 Å². The van der Waals surface area contributed by atoms with Crippen molar-refractivity contribution in [2.45, 2.75) is 18.7 Å². The maximum absolute atomic E-state index is 12.1. The fourth-order valence-electron chi connectivity index (χ4n) is 5.13. The summed E-state index contributed by atoms with van der Waals surface area (Å²) in [5.74, 6) is -0.831. The van der Waals surface area contributed by atoms with E-state index < -0.39 is 16.1 Å². The van der Waals surface area contributed by atoms with Gasteiger partial charge in [0.15, 0.2) is 0 Å². The molecule has 0 atom stereocenters. The normalized spacial score (nSPS) is 11.6. The molecule has 0 spiro atoms. The van der Waals surface area contributed by atoms with Gasteiger partial charge in [0.25, 0.3) is 0 Å². The first kappa shape index (κ1) is 34.6. The molecule has 6 rings (SSSR count). The maximum Gasteiger partial charge on any atom is 1.00 e. The van der Waals surface area contributed by atoms with Gasteiger partial charge in [0, 0.05) is 45.6 Å². The molecule has 1 N–H and O–H groups in total. The fraction of sp³-hybridized carbons (Fsp3) is 0.0588. The van der Waals surface area contributed by atoms with Crippen molar-refractivity contribution in [2.75, 3.05) is 5.32 Å². The van der Waals surface area contributed by atoms with Crippen molar-refractivity contribution >= 4 is 44.1 Å². The molecule has 1 aliphatic heterocycles. The number of aryl methyl sites for hydroxylation is 2. The molecule has 0 amide bonds. The zero-order valence-corrected chi connectivity index (χ0v) is 29.9. The average molecular weight is 635 g/mol. The van der Waals surface area contributed by atoms with E-state index in [-0.39, 0.29) is 69.6 Å². The van der Waals surface area contributed by atoms with Gasteiger partial charge >= 0.3 is 59.1 Å². The molecule has 4 aromatic carbocycles. The summed E-state index contributed by atoms with van der Waals surface area (Å²) in [6, 6.07) is 29.6. The van der Waals surface area contributed by atoms with Gasteiger partial charge in [0.1, 0.15) is 21.5 Å². The van der Waals surface area contributed by atoms with E-state index in [9.17, 15) is 22.9 Å². The van der Waals surface area contributed by atoms with Gasteiger partial charge in [-0.05, 0) is 85.1 Å². The second kappa shape index (κ2) is 14.0. The minimum Gasteiger partial charge on any atom is -0.744 e. The maximum atomic E-state index is 12.1. The molecular weight excluding hydrogens is 610 g/mol. The molecule has 1 aliphatic carbocycles. The van der Waals surface area contributed by atoms with Crippen molar-refractivity contribution in [3.8, 4) is 22.5 Å². The fourth-order valence-corrected chi connectivity index (χ4v) is 5.69. The number of hydrogen-bond acceptors (Lipinski definition) is 8. The van der Waals surface area contributed by atoms with E-state index in [0.29, 0.717) is 50.0 Å². The topological polar surface area (TPSA) is 135 Å². The molecule has 0 radical (unpaired) electrons. The number of carbonyl (C=O) groups excluding carboxylic acids is 1. The van der Waals surface area contributed by atoms with Crippen LogP contribution in [-0.2, 0) is 10.1 Å². The number of benzene rings is 5. The molecule has 214 valence electrons. The molecule has 0 bridgehead atoms. The predicted octanol–water partition coefficient (Wildman–Crippen LogP) is 0.0730. The minimum absolute atomic E-state index is 0. The van der Waals surface area contributed by atoms with E-state index in [0.717, 1.165) is 16.9 Å². The first-order valence-corrected chi connectivity index (χ1v) is 14.7. The summed E-state index contributed by atoms with van der Waals surface area (Å²) < 4.78 is 40.7. The number of nitrogens with zero attached hydrogens (tertiary/aromatic N) is 1. The van der Waals surface area contributed by atoms with Crippen molar-refractivity contribution in [3.05, 3.63) is 125 Å². The van der Waals surface area contributed by atoms with Crippen LogP contribution in [-0.4, -0.2) is 18.9 Å². The molecule has 0 fully saturated rings. The SMILES string of the molecule is Cc1cccc(Nc2ccc3c(-c4ccccc4C(=O)[O-])c4ccc(=Nc5ccc(S(=O)(=O)[O-])cc5C)cc-4oc3c2)c1.[Na+].[Na+]. The number of carbonyl (C=O) groups is 1. The van der Waals surface area contributed by atoms with Crippen molar-refractivity contribution in [1.82, 2.24) is 0 Å². The zero-order chi connectivity index (χ0) is 30.3. The third-order valence-corrected chi connectivity index (χ3v) is 7.97. The third kappa shape index (κ3) is 7.43. The molecular formula is C34H24N2Na2O6S. The van der Waals surface area contributed by atoms with Crippen LogP contribution >= 0.6 is 0 Å². The molecule has 8 nitrogen and oxygen atoms in total. The quantitative estimate of drug-likeness (QED) is 0.156. The Balaban J connectivity index is 0.00000230. The van der Waals surface area contributed by atoms with Crippen LogP contribution in [0.2, 0.25) is 0 Å². The summed E-state index contributed by atoms with van der Waals surface area (Å²) in [6.07, 6.45) is 0. The number of anilines is 2. The van der Waals surface area contributed by atoms with Gasteiger partial charge in [-0.3, -0.25) is 0 Å². The Morgan fingerprint density at radius 2 is 1.56 bits per heavy atom. The summed E-state index contributed by atoms with van der Waals surface area (Å²) in [4.78, 5) is 16.4. The summed E-state index contributed by atoms with van der Waals surface area (Å²) >= 11 is 0. The van der Waals surface area contributed by atoms with Gasteiger partial charge in [0.05, 0.1) is 21.9 Å². The van der Waals surface area contributed by atoms with Crippen LogP contribution in [0.3, 0.4) is 0 Å². The molecule has 1 heterocycles.